The summed E-state index contributed by atoms with van der Waals surface area (Å²) < 4.78 is 38.6. The number of rotatable bonds is 3. The minimum atomic E-state index is -4.33. The molecule has 0 radical (unpaired) electrons. The van der Waals surface area contributed by atoms with Gasteiger partial charge in [0.25, 0.3) is 0 Å². The Bertz CT molecular complexity index is 403. The first-order chi connectivity index (χ1) is 7.95. The van der Waals surface area contributed by atoms with Crippen molar-refractivity contribution >= 4 is 0 Å². The van der Waals surface area contributed by atoms with Gasteiger partial charge in [0.1, 0.15) is 0 Å². The summed E-state index contributed by atoms with van der Waals surface area (Å²) in [5.74, 6) is 6.03. The van der Waals surface area contributed by atoms with Crippen LogP contribution in [0.25, 0.3) is 0 Å². The number of nitrogens with two attached hydrogens (primary N) is 1. The molecule has 94 valence electrons. The first-order valence-electron chi connectivity index (χ1n) is 5.57. The Morgan fingerprint density at radius 1 is 1.35 bits per heavy atom. The van der Waals surface area contributed by atoms with Gasteiger partial charge in [-0.05, 0) is 29.9 Å². The maximum Gasteiger partial charge on any atom is 0.416 e. The Hall–Kier alpha value is -1.07. The van der Waals surface area contributed by atoms with Gasteiger partial charge in [0, 0.05) is 6.04 Å². The third-order valence-electron chi connectivity index (χ3n) is 3.38. The van der Waals surface area contributed by atoms with Gasteiger partial charge >= 0.3 is 6.18 Å². The summed E-state index contributed by atoms with van der Waals surface area (Å²) in [5.41, 5.74) is 2.17. The van der Waals surface area contributed by atoms with Gasteiger partial charge < -0.3 is 0 Å². The molecule has 0 spiro atoms. The molecule has 0 aliphatic heterocycles. The van der Waals surface area contributed by atoms with Crippen molar-refractivity contribution in [2.75, 3.05) is 0 Å². The SMILES string of the molecule is CC1CC1C(NN)c1ccccc1C(F)(F)F. The molecule has 0 aromatic heterocycles. The molecular weight excluding hydrogens is 229 g/mol. The van der Waals surface area contributed by atoms with Crippen molar-refractivity contribution in [3.8, 4) is 0 Å². The molecule has 3 unspecified atom stereocenters. The number of halogens is 3. The van der Waals surface area contributed by atoms with Crippen molar-refractivity contribution in [2.24, 2.45) is 17.7 Å². The highest BCUT2D eigenvalue weighted by molar-refractivity contribution is 5.33. The van der Waals surface area contributed by atoms with E-state index in [2.05, 4.69) is 5.43 Å². The van der Waals surface area contributed by atoms with Crippen LogP contribution in [0.2, 0.25) is 0 Å². The number of hydrogen-bond donors (Lipinski definition) is 2. The van der Waals surface area contributed by atoms with Crippen LogP contribution >= 0.6 is 0 Å². The van der Waals surface area contributed by atoms with E-state index in [9.17, 15) is 13.2 Å². The first-order valence-corrected chi connectivity index (χ1v) is 5.57. The maximum absolute atomic E-state index is 12.9. The predicted octanol–water partition coefficient (Wildman–Crippen LogP) is 2.87. The molecule has 17 heavy (non-hydrogen) atoms. The number of nitrogens with one attached hydrogen (secondary N) is 1. The Morgan fingerprint density at radius 2 is 1.94 bits per heavy atom. The van der Waals surface area contributed by atoms with E-state index in [1.165, 1.54) is 12.1 Å². The van der Waals surface area contributed by atoms with Crippen LogP contribution in [0, 0.1) is 11.8 Å². The maximum atomic E-state index is 12.9. The summed E-state index contributed by atoms with van der Waals surface area (Å²) in [7, 11) is 0. The molecule has 1 aliphatic rings. The van der Waals surface area contributed by atoms with Crippen molar-refractivity contribution in [1.82, 2.24) is 5.43 Å². The van der Waals surface area contributed by atoms with E-state index in [1.54, 1.807) is 6.07 Å². The minimum Gasteiger partial charge on any atom is -0.271 e. The quantitative estimate of drug-likeness (QED) is 0.633. The zero-order chi connectivity index (χ0) is 12.6. The van der Waals surface area contributed by atoms with E-state index < -0.39 is 17.8 Å². The van der Waals surface area contributed by atoms with Crippen LogP contribution in [-0.2, 0) is 6.18 Å². The number of benzene rings is 1. The first kappa shape index (κ1) is 12.4. The summed E-state index contributed by atoms with van der Waals surface area (Å²) in [6, 6.07) is 5.20. The highest BCUT2D eigenvalue weighted by Gasteiger charge is 2.43. The fraction of sp³-hybridized carbons (Fsp3) is 0.500. The summed E-state index contributed by atoms with van der Waals surface area (Å²) in [6.07, 6.45) is -3.41. The molecule has 1 aromatic carbocycles. The largest absolute Gasteiger partial charge is 0.416 e. The average molecular weight is 244 g/mol. The fourth-order valence-corrected chi connectivity index (χ4v) is 2.29. The van der Waals surface area contributed by atoms with Gasteiger partial charge in [0.05, 0.1) is 5.56 Å². The van der Waals surface area contributed by atoms with E-state index in [4.69, 9.17) is 5.84 Å². The Kier molecular flexibility index (Phi) is 3.14. The highest BCUT2D eigenvalue weighted by Crippen LogP contribution is 2.48. The van der Waals surface area contributed by atoms with Crippen molar-refractivity contribution in [3.63, 3.8) is 0 Å². The molecule has 0 heterocycles. The molecule has 5 heteroatoms. The van der Waals surface area contributed by atoms with E-state index >= 15 is 0 Å². The monoisotopic (exact) mass is 244 g/mol. The van der Waals surface area contributed by atoms with Gasteiger partial charge in [0.15, 0.2) is 0 Å². The molecule has 0 bridgehead atoms. The van der Waals surface area contributed by atoms with Crippen LogP contribution in [0.5, 0.6) is 0 Å². The molecule has 1 fully saturated rings. The molecule has 1 aromatic rings. The summed E-state index contributed by atoms with van der Waals surface area (Å²) in [5, 5.41) is 0. The number of hydrazine groups is 1. The third-order valence-corrected chi connectivity index (χ3v) is 3.38. The summed E-state index contributed by atoms with van der Waals surface area (Å²) in [6.45, 7) is 2.02. The fourth-order valence-electron chi connectivity index (χ4n) is 2.29. The number of hydrogen-bond acceptors (Lipinski definition) is 2. The van der Waals surface area contributed by atoms with Gasteiger partial charge in [-0.25, -0.2) is 0 Å². The van der Waals surface area contributed by atoms with E-state index in [0.29, 0.717) is 5.92 Å². The van der Waals surface area contributed by atoms with Gasteiger partial charge in [-0.2, -0.15) is 13.2 Å². The summed E-state index contributed by atoms with van der Waals surface area (Å²) >= 11 is 0. The van der Waals surface area contributed by atoms with Crippen LogP contribution in [0.15, 0.2) is 24.3 Å². The lowest BCUT2D eigenvalue weighted by Crippen LogP contribution is -2.31. The zero-order valence-corrected chi connectivity index (χ0v) is 9.46. The second-order valence-electron chi connectivity index (χ2n) is 4.61. The third kappa shape index (κ3) is 2.45. The van der Waals surface area contributed by atoms with Gasteiger partial charge in [0.2, 0.25) is 0 Å². The molecular formula is C12H15F3N2. The molecule has 0 amide bonds. The van der Waals surface area contributed by atoms with Gasteiger partial charge in [-0.3, -0.25) is 11.3 Å². The number of alkyl halides is 3. The Balaban J connectivity index is 2.36. The van der Waals surface area contributed by atoms with Crippen LogP contribution in [0.4, 0.5) is 13.2 Å². The highest BCUT2D eigenvalue weighted by atomic mass is 19.4. The second-order valence-corrected chi connectivity index (χ2v) is 4.61. The average Bonchev–Trinajstić information content (AvgIpc) is 2.96. The van der Waals surface area contributed by atoms with Crippen LogP contribution in [0.1, 0.15) is 30.5 Å². The molecule has 1 saturated carbocycles. The molecule has 3 atom stereocenters. The lowest BCUT2D eigenvalue weighted by Gasteiger charge is -2.21. The van der Waals surface area contributed by atoms with Crippen molar-refractivity contribution in [1.29, 1.82) is 0 Å². The summed E-state index contributed by atoms with van der Waals surface area (Å²) in [4.78, 5) is 0. The molecule has 1 aliphatic carbocycles. The van der Waals surface area contributed by atoms with E-state index in [0.717, 1.165) is 12.5 Å². The van der Waals surface area contributed by atoms with Gasteiger partial charge in [-0.15, -0.1) is 0 Å². The Labute approximate surface area is 98.0 Å². The standard InChI is InChI=1S/C12H15F3N2/c1-7-6-9(7)11(17-16)8-4-2-3-5-10(8)12(13,14)15/h2-5,7,9,11,17H,6,16H2,1H3. The normalized spacial score (nSPS) is 25.7. The molecule has 3 N–H and O–H groups in total. The van der Waals surface area contributed by atoms with Crippen molar-refractivity contribution in [2.45, 2.75) is 25.6 Å². The topological polar surface area (TPSA) is 38.0 Å². The predicted molar refractivity (Wildman–Crippen MR) is 58.8 cm³/mol. The minimum absolute atomic E-state index is 0.198. The Morgan fingerprint density at radius 3 is 2.41 bits per heavy atom. The van der Waals surface area contributed by atoms with Gasteiger partial charge in [-0.1, -0.05) is 25.1 Å². The van der Waals surface area contributed by atoms with E-state index in [1.807, 2.05) is 6.92 Å². The van der Waals surface area contributed by atoms with Crippen molar-refractivity contribution < 1.29 is 13.2 Å². The molecule has 0 saturated heterocycles. The molecule has 2 nitrogen and oxygen atoms in total. The van der Waals surface area contributed by atoms with Crippen LogP contribution in [0.3, 0.4) is 0 Å². The smallest absolute Gasteiger partial charge is 0.271 e. The van der Waals surface area contributed by atoms with Crippen molar-refractivity contribution in [3.05, 3.63) is 35.4 Å². The van der Waals surface area contributed by atoms with E-state index in [-0.39, 0.29) is 11.5 Å². The van der Waals surface area contributed by atoms with Crippen LogP contribution < -0.4 is 11.3 Å². The zero-order valence-electron chi connectivity index (χ0n) is 9.46. The lowest BCUT2D eigenvalue weighted by atomic mass is 9.96. The second kappa shape index (κ2) is 4.31. The van der Waals surface area contributed by atoms with Crippen LogP contribution in [-0.4, -0.2) is 0 Å². The lowest BCUT2D eigenvalue weighted by molar-refractivity contribution is -0.138. The molecule has 2 rings (SSSR count).